The Morgan fingerprint density at radius 2 is 2.31 bits per heavy atom. The monoisotopic (exact) mass is 219 g/mol. The van der Waals surface area contributed by atoms with Gasteiger partial charge in [-0.2, -0.15) is 0 Å². The number of rotatable bonds is 4. The predicted octanol–water partition coefficient (Wildman–Crippen LogP) is 1.96. The second kappa shape index (κ2) is 4.81. The van der Waals surface area contributed by atoms with Crippen molar-refractivity contribution in [1.82, 2.24) is 4.98 Å². The van der Waals surface area contributed by atoms with Crippen LogP contribution in [0.15, 0.2) is 41.1 Å². The van der Waals surface area contributed by atoms with Crippen molar-refractivity contribution in [2.45, 2.75) is 12.5 Å². The fraction of sp³-hybridized carbons (Fsp3) is 0.250. The maximum atomic E-state index is 9.92. The third-order valence-corrected chi connectivity index (χ3v) is 2.33. The van der Waals surface area contributed by atoms with E-state index in [0.29, 0.717) is 12.3 Å². The molecule has 0 saturated heterocycles. The van der Waals surface area contributed by atoms with Gasteiger partial charge in [0, 0.05) is 18.7 Å². The van der Waals surface area contributed by atoms with Crippen molar-refractivity contribution in [2.24, 2.45) is 0 Å². The maximum Gasteiger partial charge on any atom is 0.212 e. The Bertz CT molecular complexity index is 422. The van der Waals surface area contributed by atoms with Gasteiger partial charge in [0.1, 0.15) is 5.76 Å². The first kappa shape index (κ1) is 10.7. The number of methoxy groups -OCH3 is 1. The summed E-state index contributed by atoms with van der Waals surface area (Å²) in [5, 5.41) is 9.92. The van der Waals surface area contributed by atoms with Crippen LogP contribution < -0.4 is 4.74 Å². The highest BCUT2D eigenvalue weighted by Gasteiger charge is 2.10. The molecule has 1 N–H and O–H groups in total. The lowest BCUT2D eigenvalue weighted by Crippen LogP contribution is -2.01. The molecule has 0 aliphatic heterocycles. The van der Waals surface area contributed by atoms with Crippen molar-refractivity contribution < 1.29 is 14.3 Å². The summed E-state index contributed by atoms with van der Waals surface area (Å²) in [5.41, 5.74) is 0.747. The number of aliphatic hydroxyl groups excluding tert-OH is 1. The standard InChI is InChI=1S/C12H13NO3/c1-15-12-5-4-9(8-13-12)11(14)7-10-3-2-6-16-10/h2-6,8,11,14H,7H2,1H3. The zero-order valence-corrected chi connectivity index (χ0v) is 8.96. The van der Waals surface area contributed by atoms with E-state index in [4.69, 9.17) is 9.15 Å². The summed E-state index contributed by atoms with van der Waals surface area (Å²) < 4.78 is 10.1. The second-order valence-electron chi connectivity index (χ2n) is 3.43. The van der Waals surface area contributed by atoms with Crippen LogP contribution in [0.25, 0.3) is 0 Å². The van der Waals surface area contributed by atoms with E-state index in [1.54, 1.807) is 37.8 Å². The van der Waals surface area contributed by atoms with Crippen LogP contribution in [-0.4, -0.2) is 17.2 Å². The molecule has 0 bridgehead atoms. The molecule has 1 atom stereocenters. The molecule has 4 heteroatoms. The van der Waals surface area contributed by atoms with Gasteiger partial charge in [0.2, 0.25) is 5.88 Å². The van der Waals surface area contributed by atoms with Crippen molar-refractivity contribution in [3.05, 3.63) is 48.0 Å². The molecule has 1 unspecified atom stereocenters. The minimum Gasteiger partial charge on any atom is -0.481 e. The topological polar surface area (TPSA) is 55.5 Å². The first-order chi connectivity index (χ1) is 7.79. The first-order valence-electron chi connectivity index (χ1n) is 5.00. The smallest absolute Gasteiger partial charge is 0.212 e. The summed E-state index contributed by atoms with van der Waals surface area (Å²) in [7, 11) is 1.56. The number of nitrogens with zero attached hydrogens (tertiary/aromatic N) is 1. The number of ether oxygens (including phenoxy) is 1. The average Bonchev–Trinajstić information content (AvgIpc) is 2.82. The van der Waals surface area contributed by atoms with Crippen molar-refractivity contribution in [3.63, 3.8) is 0 Å². The van der Waals surface area contributed by atoms with E-state index in [-0.39, 0.29) is 0 Å². The fourth-order valence-corrected chi connectivity index (χ4v) is 1.45. The molecule has 2 heterocycles. The van der Waals surface area contributed by atoms with Crippen LogP contribution in [0, 0.1) is 0 Å². The third-order valence-electron chi connectivity index (χ3n) is 2.33. The summed E-state index contributed by atoms with van der Waals surface area (Å²) in [6.07, 6.45) is 3.03. The van der Waals surface area contributed by atoms with Gasteiger partial charge in [-0.1, -0.05) is 0 Å². The van der Waals surface area contributed by atoms with Gasteiger partial charge in [-0.05, 0) is 23.8 Å². The zero-order chi connectivity index (χ0) is 11.4. The second-order valence-corrected chi connectivity index (χ2v) is 3.43. The zero-order valence-electron chi connectivity index (χ0n) is 8.96. The summed E-state index contributed by atoms with van der Waals surface area (Å²) in [6.45, 7) is 0. The Morgan fingerprint density at radius 1 is 1.44 bits per heavy atom. The Morgan fingerprint density at radius 3 is 2.88 bits per heavy atom. The summed E-state index contributed by atoms with van der Waals surface area (Å²) in [4.78, 5) is 4.03. The molecule has 2 aromatic heterocycles. The molecule has 0 aliphatic rings. The minimum atomic E-state index is -0.607. The molecule has 2 rings (SSSR count). The van der Waals surface area contributed by atoms with Crippen LogP contribution in [0.3, 0.4) is 0 Å². The van der Waals surface area contributed by atoms with Crippen LogP contribution in [0.2, 0.25) is 0 Å². The van der Waals surface area contributed by atoms with Gasteiger partial charge in [-0.25, -0.2) is 4.98 Å². The molecule has 2 aromatic rings. The van der Waals surface area contributed by atoms with E-state index < -0.39 is 6.10 Å². The van der Waals surface area contributed by atoms with Crippen LogP contribution in [0.1, 0.15) is 17.4 Å². The summed E-state index contributed by atoms with van der Waals surface area (Å²) in [6, 6.07) is 7.15. The number of hydrogen-bond acceptors (Lipinski definition) is 4. The van der Waals surface area contributed by atoms with Crippen molar-refractivity contribution in [1.29, 1.82) is 0 Å². The highest BCUT2D eigenvalue weighted by Crippen LogP contribution is 2.19. The maximum absolute atomic E-state index is 9.92. The molecule has 16 heavy (non-hydrogen) atoms. The number of furan rings is 1. The number of aromatic nitrogens is 1. The average molecular weight is 219 g/mol. The molecule has 0 aromatic carbocycles. The molecule has 0 fully saturated rings. The molecule has 0 spiro atoms. The molecule has 0 amide bonds. The Balaban J connectivity index is 2.05. The molecular formula is C12H13NO3. The van der Waals surface area contributed by atoms with Crippen LogP contribution in [-0.2, 0) is 6.42 Å². The van der Waals surface area contributed by atoms with Gasteiger partial charge in [0.25, 0.3) is 0 Å². The summed E-state index contributed by atoms with van der Waals surface area (Å²) in [5.74, 6) is 1.29. The number of pyridine rings is 1. The molecule has 0 saturated carbocycles. The lowest BCUT2D eigenvalue weighted by Gasteiger charge is -2.09. The van der Waals surface area contributed by atoms with E-state index in [0.717, 1.165) is 11.3 Å². The van der Waals surface area contributed by atoms with Crippen LogP contribution >= 0.6 is 0 Å². The van der Waals surface area contributed by atoms with Gasteiger partial charge >= 0.3 is 0 Å². The lowest BCUT2D eigenvalue weighted by atomic mass is 10.1. The Hall–Kier alpha value is -1.81. The third kappa shape index (κ3) is 2.41. The van der Waals surface area contributed by atoms with E-state index >= 15 is 0 Å². The van der Waals surface area contributed by atoms with E-state index in [1.165, 1.54) is 0 Å². The van der Waals surface area contributed by atoms with E-state index in [1.807, 2.05) is 6.07 Å². The normalized spacial score (nSPS) is 12.4. The molecule has 0 radical (unpaired) electrons. The number of hydrogen-bond donors (Lipinski definition) is 1. The van der Waals surface area contributed by atoms with Crippen LogP contribution in [0.4, 0.5) is 0 Å². The quantitative estimate of drug-likeness (QED) is 0.854. The fourth-order valence-electron chi connectivity index (χ4n) is 1.45. The first-order valence-corrected chi connectivity index (χ1v) is 5.00. The molecular weight excluding hydrogens is 206 g/mol. The van der Waals surface area contributed by atoms with Gasteiger partial charge in [0.05, 0.1) is 19.5 Å². The van der Waals surface area contributed by atoms with Crippen LogP contribution in [0.5, 0.6) is 5.88 Å². The minimum absolute atomic E-state index is 0.445. The largest absolute Gasteiger partial charge is 0.481 e. The van der Waals surface area contributed by atoms with Gasteiger partial charge in [-0.3, -0.25) is 0 Å². The van der Waals surface area contributed by atoms with Crippen molar-refractivity contribution in [2.75, 3.05) is 7.11 Å². The highest BCUT2D eigenvalue weighted by atomic mass is 16.5. The van der Waals surface area contributed by atoms with E-state index in [2.05, 4.69) is 4.98 Å². The lowest BCUT2D eigenvalue weighted by molar-refractivity contribution is 0.170. The summed E-state index contributed by atoms with van der Waals surface area (Å²) >= 11 is 0. The Labute approximate surface area is 93.5 Å². The Kier molecular flexibility index (Phi) is 3.22. The van der Waals surface area contributed by atoms with Crippen molar-refractivity contribution in [3.8, 4) is 5.88 Å². The van der Waals surface area contributed by atoms with Gasteiger partial charge in [0.15, 0.2) is 0 Å². The molecule has 84 valence electrons. The molecule has 4 nitrogen and oxygen atoms in total. The predicted molar refractivity (Wildman–Crippen MR) is 58.2 cm³/mol. The van der Waals surface area contributed by atoms with Gasteiger partial charge in [-0.15, -0.1) is 0 Å². The highest BCUT2D eigenvalue weighted by molar-refractivity contribution is 5.20. The van der Waals surface area contributed by atoms with Crippen molar-refractivity contribution >= 4 is 0 Å². The van der Waals surface area contributed by atoms with E-state index in [9.17, 15) is 5.11 Å². The van der Waals surface area contributed by atoms with Gasteiger partial charge < -0.3 is 14.3 Å². The molecule has 0 aliphatic carbocycles. The SMILES string of the molecule is COc1ccc(C(O)Cc2ccco2)cn1. The number of aliphatic hydroxyl groups is 1.